The van der Waals surface area contributed by atoms with Gasteiger partial charge in [-0.1, -0.05) is 18.2 Å². The molecular formula is C12H13BrN2O2. The van der Waals surface area contributed by atoms with Gasteiger partial charge >= 0.3 is 0 Å². The number of para-hydroxylation sites is 1. The molecular weight excluding hydrogens is 284 g/mol. The highest BCUT2D eigenvalue weighted by Gasteiger charge is 2.06. The largest absolute Gasteiger partial charge is 0.383 e. The second-order valence-electron chi connectivity index (χ2n) is 3.74. The molecule has 2 rings (SSSR count). The third-order valence-corrected chi connectivity index (χ3v) is 3.08. The van der Waals surface area contributed by atoms with Gasteiger partial charge in [0.05, 0.1) is 6.54 Å². The summed E-state index contributed by atoms with van der Waals surface area (Å²) in [7, 11) is 1.98. The third-order valence-electron chi connectivity index (χ3n) is 2.55. The van der Waals surface area contributed by atoms with Crippen LogP contribution in [0.15, 0.2) is 50.4 Å². The van der Waals surface area contributed by atoms with E-state index in [2.05, 4.69) is 20.8 Å². The molecule has 0 atom stereocenters. The van der Waals surface area contributed by atoms with Crippen molar-refractivity contribution >= 4 is 21.6 Å². The van der Waals surface area contributed by atoms with E-state index in [0.717, 1.165) is 5.69 Å². The molecule has 0 fully saturated rings. The summed E-state index contributed by atoms with van der Waals surface area (Å²) in [5.74, 6) is 0. The number of rotatable bonds is 4. The van der Waals surface area contributed by atoms with E-state index < -0.39 is 0 Å². The Bertz CT molecular complexity index is 533. The van der Waals surface area contributed by atoms with E-state index >= 15 is 0 Å². The van der Waals surface area contributed by atoms with Gasteiger partial charge in [0.15, 0.2) is 0 Å². The SMILES string of the molecule is CN(CCn1occ(Br)c1=O)c1ccccc1. The van der Waals surface area contributed by atoms with E-state index in [-0.39, 0.29) is 5.56 Å². The van der Waals surface area contributed by atoms with E-state index in [9.17, 15) is 4.79 Å². The van der Waals surface area contributed by atoms with Crippen molar-refractivity contribution in [3.63, 3.8) is 0 Å². The number of aromatic nitrogens is 1. The van der Waals surface area contributed by atoms with Crippen LogP contribution in [0.3, 0.4) is 0 Å². The van der Waals surface area contributed by atoms with Crippen molar-refractivity contribution in [3.8, 4) is 0 Å². The monoisotopic (exact) mass is 296 g/mol. The first-order chi connectivity index (χ1) is 8.18. The Hall–Kier alpha value is -1.49. The van der Waals surface area contributed by atoms with Crippen LogP contribution in [-0.2, 0) is 6.54 Å². The summed E-state index contributed by atoms with van der Waals surface area (Å²) < 4.78 is 6.91. The first-order valence-electron chi connectivity index (χ1n) is 5.29. The zero-order valence-corrected chi connectivity index (χ0v) is 11.1. The Kier molecular flexibility index (Phi) is 3.68. The average molecular weight is 297 g/mol. The number of hydrogen-bond donors (Lipinski definition) is 0. The summed E-state index contributed by atoms with van der Waals surface area (Å²) in [5, 5.41) is 0. The topological polar surface area (TPSA) is 38.4 Å². The van der Waals surface area contributed by atoms with Gasteiger partial charge in [0, 0.05) is 19.3 Å². The normalized spacial score (nSPS) is 10.5. The minimum atomic E-state index is -0.133. The van der Waals surface area contributed by atoms with Crippen molar-refractivity contribution in [2.24, 2.45) is 0 Å². The number of hydrogen-bond acceptors (Lipinski definition) is 3. The highest BCUT2D eigenvalue weighted by Crippen LogP contribution is 2.10. The highest BCUT2D eigenvalue weighted by atomic mass is 79.9. The van der Waals surface area contributed by atoms with E-state index in [1.807, 2.05) is 37.4 Å². The molecule has 0 aliphatic heterocycles. The molecule has 17 heavy (non-hydrogen) atoms. The molecule has 1 aromatic carbocycles. The minimum Gasteiger partial charge on any atom is -0.383 e. The molecule has 5 heteroatoms. The lowest BCUT2D eigenvalue weighted by molar-refractivity contribution is 0.263. The van der Waals surface area contributed by atoms with Crippen LogP contribution >= 0.6 is 15.9 Å². The quantitative estimate of drug-likeness (QED) is 0.869. The van der Waals surface area contributed by atoms with Crippen LogP contribution in [0.4, 0.5) is 5.69 Å². The van der Waals surface area contributed by atoms with Gasteiger partial charge in [-0.3, -0.25) is 4.79 Å². The summed E-state index contributed by atoms with van der Waals surface area (Å²) in [6.45, 7) is 1.24. The van der Waals surface area contributed by atoms with Gasteiger partial charge in [-0.2, -0.15) is 4.74 Å². The Morgan fingerprint density at radius 3 is 2.65 bits per heavy atom. The lowest BCUT2D eigenvalue weighted by Gasteiger charge is -2.18. The van der Waals surface area contributed by atoms with Crippen molar-refractivity contribution in [1.82, 2.24) is 4.74 Å². The highest BCUT2D eigenvalue weighted by molar-refractivity contribution is 9.10. The molecule has 0 unspecified atom stereocenters. The summed E-state index contributed by atoms with van der Waals surface area (Å²) in [6, 6.07) is 10.0. The van der Waals surface area contributed by atoms with Gasteiger partial charge in [-0.05, 0) is 28.1 Å². The number of benzene rings is 1. The van der Waals surface area contributed by atoms with Crippen LogP contribution in [-0.4, -0.2) is 18.3 Å². The van der Waals surface area contributed by atoms with Crippen LogP contribution in [0.2, 0.25) is 0 Å². The molecule has 0 saturated heterocycles. The van der Waals surface area contributed by atoms with Crippen LogP contribution in [0, 0.1) is 0 Å². The summed E-state index contributed by atoms with van der Waals surface area (Å²) in [4.78, 5) is 13.6. The van der Waals surface area contributed by atoms with Gasteiger partial charge in [0.25, 0.3) is 5.56 Å². The smallest absolute Gasteiger partial charge is 0.296 e. The molecule has 0 radical (unpaired) electrons. The summed E-state index contributed by atoms with van der Waals surface area (Å²) in [5.41, 5.74) is 0.984. The van der Waals surface area contributed by atoms with Gasteiger partial charge in [0.1, 0.15) is 10.7 Å². The predicted molar refractivity (Wildman–Crippen MR) is 70.4 cm³/mol. The van der Waals surface area contributed by atoms with E-state index in [1.165, 1.54) is 11.0 Å². The number of nitrogens with zero attached hydrogens (tertiary/aromatic N) is 2. The Morgan fingerprint density at radius 2 is 2.06 bits per heavy atom. The molecule has 0 bridgehead atoms. The van der Waals surface area contributed by atoms with E-state index in [0.29, 0.717) is 17.6 Å². The lowest BCUT2D eigenvalue weighted by atomic mass is 10.3. The number of anilines is 1. The van der Waals surface area contributed by atoms with Gasteiger partial charge in [-0.15, -0.1) is 0 Å². The fraction of sp³-hybridized carbons (Fsp3) is 0.250. The molecule has 0 aliphatic carbocycles. The third kappa shape index (κ3) is 2.79. The predicted octanol–water partition coefficient (Wildman–Crippen LogP) is 2.34. The molecule has 2 aromatic rings. The van der Waals surface area contributed by atoms with Gasteiger partial charge in [0.2, 0.25) is 0 Å². The fourth-order valence-electron chi connectivity index (χ4n) is 1.53. The van der Waals surface area contributed by atoms with Crippen LogP contribution in [0.25, 0.3) is 0 Å². The zero-order valence-electron chi connectivity index (χ0n) is 9.47. The first-order valence-corrected chi connectivity index (χ1v) is 6.08. The number of halogens is 1. The van der Waals surface area contributed by atoms with Crippen molar-refractivity contribution < 1.29 is 4.52 Å². The zero-order chi connectivity index (χ0) is 12.3. The standard InChI is InChI=1S/C12H13BrN2O2/c1-14(10-5-3-2-4-6-10)7-8-15-12(16)11(13)9-17-15/h2-6,9H,7-8H2,1H3. The van der Waals surface area contributed by atoms with Crippen molar-refractivity contribution in [2.45, 2.75) is 6.54 Å². The van der Waals surface area contributed by atoms with E-state index in [4.69, 9.17) is 4.52 Å². The molecule has 90 valence electrons. The second kappa shape index (κ2) is 5.23. The van der Waals surface area contributed by atoms with Gasteiger partial charge < -0.3 is 9.42 Å². The second-order valence-corrected chi connectivity index (χ2v) is 4.59. The van der Waals surface area contributed by atoms with Crippen LogP contribution in [0.5, 0.6) is 0 Å². The van der Waals surface area contributed by atoms with E-state index in [1.54, 1.807) is 0 Å². The average Bonchev–Trinajstić information content (AvgIpc) is 2.68. The molecule has 0 saturated carbocycles. The molecule has 0 amide bonds. The van der Waals surface area contributed by atoms with Crippen molar-refractivity contribution in [1.29, 1.82) is 0 Å². The maximum absolute atomic E-state index is 11.5. The van der Waals surface area contributed by atoms with Gasteiger partial charge in [-0.25, -0.2) is 0 Å². The Morgan fingerprint density at radius 1 is 1.35 bits per heavy atom. The molecule has 1 heterocycles. The summed E-state index contributed by atoms with van der Waals surface area (Å²) in [6.07, 6.45) is 1.41. The summed E-state index contributed by atoms with van der Waals surface area (Å²) >= 11 is 3.13. The van der Waals surface area contributed by atoms with Crippen molar-refractivity contribution in [3.05, 3.63) is 51.4 Å². The molecule has 0 aliphatic rings. The molecule has 0 N–H and O–H groups in total. The first kappa shape index (κ1) is 12.0. The Balaban J connectivity index is 1.99. The van der Waals surface area contributed by atoms with Crippen LogP contribution in [0.1, 0.15) is 0 Å². The lowest BCUT2D eigenvalue weighted by Crippen LogP contribution is -2.26. The molecule has 1 aromatic heterocycles. The molecule has 0 spiro atoms. The number of likely N-dealkylation sites (N-methyl/N-ethyl adjacent to an activating group) is 1. The maximum atomic E-state index is 11.5. The minimum absolute atomic E-state index is 0.133. The van der Waals surface area contributed by atoms with Crippen molar-refractivity contribution in [2.75, 3.05) is 18.5 Å². The molecule has 4 nitrogen and oxygen atoms in total. The Labute approximate surface area is 108 Å². The fourth-order valence-corrected chi connectivity index (χ4v) is 1.82. The maximum Gasteiger partial charge on any atom is 0.296 e. The van der Waals surface area contributed by atoms with Crippen LogP contribution < -0.4 is 10.5 Å².